The maximum Gasteiger partial charge on any atom is 0.410 e. The molecule has 0 aromatic heterocycles. The molecule has 1 fully saturated rings. The smallest absolute Gasteiger partial charge is 0.410 e. The number of amides is 1. The van der Waals surface area contributed by atoms with Crippen LogP contribution < -0.4 is 5.32 Å². The lowest BCUT2D eigenvalue weighted by Crippen LogP contribution is -2.57. The van der Waals surface area contributed by atoms with Crippen molar-refractivity contribution in [3.05, 3.63) is 0 Å². The van der Waals surface area contributed by atoms with Crippen molar-refractivity contribution in [3.63, 3.8) is 0 Å². The number of nitrogens with one attached hydrogen (secondary N) is 1. The molecular formula is C17H33IN4O3S. The topological polar surface area (TPSA) is 74.2 Å². The molecule has 0 spiro atoms. The lowest BCUT2D eigenvalue weighted by Gasteiger charge is -2.39. The Kier molecular flexibility index (Phi) is 8.19. The number of piperazine rings is 1. The van der Waals surface area contributed by atoms with Gasteiger partial charge in [0.1, 0.15) is 5.60 Å². The van der Waals surface area contributed by atoms with E-state index in [1.54, 1.807) is 4.90 Å². The fraction of sp³-hybridized carbons (Fsp3) is 0.882. The van der Waals surface area contributed by atoms with E-state index in [1.807, 2.05) is 41.5 Å². The number of halogens is 1. The van der Waals surface area contributed by atoms with Crippen LogP contribution in [0, 0.1) is 0 Å². The second-order valence-electron chi connectivity index (χ2n) is 8.53. The normalized spacial score (nSPS) is 21.5. The molecule has 2 rings (SSSR count). The number of ether oxygens (including phenoxy) is 1. The molecule has 1 saturated heterocycles. The molecule has 0 aromatic rings. The van der Waals surface area contributed by atoms with E-state index in [0.717, 1.165) is 12.5 Å². The molecule has 2 atom stereocenters. The molecule has 9 heteroatoms. The standard InChI is InChI=1S/C17H32N4O3S.HI/c1-16(2,3)24-15(22)20-8-9-21-13(12-20)11-19-14(21)18-7-10-25(23)17(4,5)6;/h13H,7-12H2,1-6H3,(H,18,19);1H. The van der Waals surface area contributed by atoms with Gasteiger partial charge in [0.25, 0.3) is 0 Å². The van der Waals surface area contributed by atoms with Crippen molar-refractivity contribution in [3.8, 4) is 0 Å². The number of rotatable bonds is 3. The summed E-state index contributed by atoms with van der Waals surface area (Å²) >= 11 is 0. The first-order valence-corrected chi connectivity index (χ1v) is 10.2. The number of hydrogen-bond donors (Lipinski definition) is 1. The van der Waals surface area contributed by atoms with Crippen molar-refractivity contribution in [2.45, 2.75) is 57.9 Å². The van der Waals surface area contributed by atoms with Crippen LogP contribution in [0.25, 0.3) is 0 Å². The molecular weight excluding hydrogens is 467 g/mol. The minimum Gasteiger partial charge on any atom is -0.444 e. The zero-order valence-electron chi connectivity index (χ0n) is 16.7. The fourth-order valence-corrected chi connectivity index (χ4v) is 3.68. The van der Waals surface area contributed by atoms with Crippen molar-refractivity contribution >= 4 is 46.8 Å². The van der Waals surface area contributed by atoms with Gasteiger partial charge in [0, 0.05) is 47.5 Å². The van der Waals surface area contributed by atoms with Crippen LogP contribution in [0.1, 0.15) is 41.5 Å². The summed E-state index contributed by atoms with van der Waals surface area (Å²) in [4.78, 5) is 20.8. The van der Waals surface area contributed by atoms with Gasteiger partial charge in [-0.05, 0) is 41.5 Å². The van der Waals surface area contributed by atoms with Crippen LogP contribution in [0.3, 0.4) is 0 Å². The van der Waals surface area contributed by atoms with E-state index in [1.165, 1.54) is 0 Å². The minimum absolute atomic E-state index is 0. The van der Waals surface area contributed by atoms with E-state index in [4.69, 9.17) is 4.74 Å². The number of guanidine groups is 1. The predicted molar refractivity (Wildman–Crippen MR) is 117 cm³/mol. The molecule has 2 heterocycles. The summed E-state index contributed by atoms with van der Waals surface area (Å²) in [5.41, 5.74) is -0.476. The fourth-order valence-electron chi connectivity index (χ4n) is 2.78. The number of aliphatic imine (C=N–C) groups is 1. The molecule has 0 bridgehead atoms. The zero-order valence-corrected chi connectivity index (χ0v) is 19.8. The van der Waals surface area contributed by atoms with Crippen LogP contribution in [0.2, 0.25) is 0 Å². The number of fused-ring (bicyclic) bond motifs is 1. The van der Waals surface area contributed by atoms with Crippen LogP contribution in [0.4, 0.5) is 4.79 Å². The lowest BCUT2D eigenvalue weighted by atomic mass is 10.2. The summed E-state index contributed by atoms with van der Waals surface area (Å²) in [7, 11) is -0.874. The lowest BCUT2D eigenvalue weighted by molar-refractivity contribution is 0.0137. The summed E-state index contributed by atoms with van der Waals surface area (Å²) in [6.07, 6.45) is -0.255. The van der Waals surface area contributed by atoms with Crippen molar-refractivity contribution < 1.29 is 13.7 Å². The number of hydrogen-bond acceptors (Lipinski definition) is 6. The monoisotopic (exact) mass is 500 g/mol. The second-order valence-corrected chi connectivity index (χ2v) is 10.9. The SMILES string of the molecule is CC(C)(C)OC(=O)N1CCN2C(NCCS(=O)C(C)(C)C)=NCC2C1.I. The Morgan fingerprint density at radius 3 is 2.50 bits per heavy atom. The molecule has 7 nitrogen and oxygen atoms in total. The molecule has 2 unspecified atom stereocenters. The molecule has 2 aliphatic rings. The quantitative estimate of drug-likeness (QED) is 0.601. The third-order valence-corrected chi connectivity index (χ3v) is 6.05. The highest BCUT2D eigenvalue weighted by atomic mass is 127. The predicted octanol–water partition coefficient (Wildman–Crippen LogP) is 2.03. The second kappa shape index (κ2) is 9.07. The molecule has 2 aliphatic heterocycles. The van der Waals surface area contributed by atoms with Gasteiger partial charge >= 0.3 is 6.09 Å². The van der Waals surface area contributed by atoms with Gasteiger partial charge in [-0.15, -0.1) is 24.0 Å². The van der Waals surface area contributed by atoms with Crippen LogP contribution in [-0.2, 0) is 15.5 Å². The van der Waals surface area contributed by atoms with E-state index >= 15 is 0 Å². The number of carbonyl (C=O) groups is 1. The Morgan fingerprint density at radius 1 is 1.27 bits per heavy atom. The Bertz CT molecular complexity index is 557. The van der Waals surface area contributed by atoms with Gasteiger partial charge in [0.05, 0.1) is 12.6 Å². The van der Waals surface area contributed by atoms with Crippen molar-refractivity contribution in [2.24, 2.45) is 4.99 Å². The highest BCUT2D eigenvalue weighted by molar-refractivity contribution is 14.0. The van der Waals surface area contributed by atoms with E-state index in [0.29, 0.717) is 31.9 Å². The average molecular weight is 500 g/mol. The molecule has 0 aliphatic carbocycles. The van der Waals surface area contributed by atoms with Crippen molar-refractivity contribution in [1.29, 1.82) is 0 Å². The molecule has 0 aromatic carbocycles. The van der Waals surface area contributed by atoms with Gasteiger partial charge < -0.3 is 19.9 Å². The van der Waals surface area contributed by atoms with E-state index < -0.39 is 16.4 Å². The maximum atomic E-state index is 12.2. The van der Waals surface area contributed by atoms with Gasteiger partial charge in [0.15, 0.2) is 5.96 Å². The molecule has 0 radical (unpaired) electrons. The third kappa shape index (κ3) is 6.54. The highest BCUT2D eigenvalue weighted by Gasteiger charge is 2.36. The Balaban J connectivity index is 0.00000338. The van der Waals surface area contributed by atoms with Crippen LogP contribution in [0.5, 0.6) is 0 Å². The summed E-state index contributed by atoms with van der Waals surface area (Å²) in [6, 6.07) is 0.192. The van der Waals surface area contributed by atoms with Gasteiger partial charge in [-0.2, -0.15) is 0 Å². The largest absolute Gasteiger partial charge is 0.444 e. The van der Waals surface area contributed by atoms with Gasteiger partial charge in [0.2, 0.25) is 0 Å². The van der Waals surface area contributed by atoms with Crippen LogP contribution in [-0.4, -0.2) is 80.9 Å². The molecule has 1 N–H and O–H groups in total. The van der Waals surface area contributed by atoms with Crippen molar-refractivity contribution in [1.82, 2.24) is 15.1 Å². The summed E-state index contributed by atoms with van der Waals surface area (Å²) in [6.45, 7) is 14.9. The first-order chi connectivity index (χ1) is 11.5. The van der Waals surface area contributed by atoms with Gasteiger partial charge in [-0.25, -0.2) is 4.79 Å². The maximum absolute atomic E-state index is 12.2. The van der Waals surface area contributed by atoms with Crippen molar-refractivity contribution in [2.75, 3.05) is 38.5 Å². The van der Waals surface area contributed by atoms with E-state index in [9.17, 15) is 9.00 Å². The summed E-state index contributed by atoms with van der Waals surface area (Å²) in [5.74, 6) is 1.46. The first-order valence-electron chi connectivity index (χ1n) is 8.89. The average Bonchev–Trinajstić information content (AvgIpc) is 2.87. The van der Waals surface area contributed by atoms with Crippen LogP contribution >= 0.6 is 24.0 Å². The molecule has 0 saturated carbocycles. The number of carbonyl (C=O) groups excluding carboxylic acids is 1. The Hall–Kier alpha value is -0.580. The minimum atomic E-state index is -0.874. The van der Waals surface area contributed by atoms with Gasteiger partial charge in [-0.1, -0.05) is 0 Å². The Morgan fingerprint density at radius 2 is 1.92 bits per heavy atom. The molecule has 26 heavy (non-hydrogen) atoms. The Labute approximate surface area is 176 Å². The summed E-state index contributed by atoms with van der Waals surface area (Å²) in [5, 5.41) is 3.31. The zero-order chi connectivity index (χ0) is 18.8. The number of nitrogens with zero attached hydrogens (tertiary/aromatic N) is 3. The first kappa shape index (κ1) is 23.5. The van der Waals surface area contributed by atoms with Crippen LogP contribution in [0.15, 0.2) is 4.99 Å². The van der Waals surface area contributed by atoms with E-state index in [2.05, 4.69) is 15.2 Å². The molecule has 1 amide bonds. The van der Waals surface area contributed by atoms with E-state index in [-0.39, 0.29) is 40.9 Å². The summed E-state index contributed by atoms with van der Waals surface area (Å²) < 4.78 is 17.4. The highest BCUT2D eigenvalue weighted by Crippen LogP contribution is 2.18. The molecule has 152 valence electrons. The van der Waals surface area contributed by atoms with Gasteiger partial charge in [-0.3, -0.25) is 9.20 Å². The third-order valence-electron chi connectivity index (χ3n) is 4.11.